The molecule has 0 aromatic carbocycles. The number of carbonyl (C=O) groups excluding carboxylic acids is 1. The van der Waals surface area contributed by atoms with Crippen molar-refractivity contribution in [3.05, 3.63) is 0 Å². The van der Waals surface area contributed by atoms with Gasteiger partial charge in [-0.1, -0.05) is 0 Å². The number of hydrogen-bond acceptors (Lipinski definition) is 2. The van der Waals surface area contributed by atoms with E-state index in [1.807, 2.05) is 4.90 Å². The van der Waals surface area contributed by atoms with Crippen molar-refractivity contribution in [2.45, 2.75) is 45.1 Å². The molecule has 1 saturated heterocycles. The number of nitrogens with zero attached hydrogens (tertiary/aromatic N) is 1. The topological polar surface area (TPSA) is 40.5 Å². The molecule has 0 aromatic rings. The largest absolute Gasteiger partial charge is 0.393 e. The Hall–Kier alpha value is -0.570. The number of carbonyl (C=O) groups is 1. The maximum Gasteiger partial charge on any atom is 0.222 e. The van der Waals surface area contributed by atoms with E-state index < -0.39 is 0 Å². The van der Waals surface area contributed by atoms with E-state index in [4.69, 9.17) is 5.11 Å². The average Bonchev–Trinajstić information content (AvgIpc) is 2.15. The number of aliphatic hydroxyl groups is 1. The molecule has 1 atom stereocenters. The summed E-state index contributed by atoms with van der Waals surface area (Å²) in [6.07, 6.45) is 4.27. The van der Waals surface area contributed by atoms with Gasteiger partial charge in [0, 0.05) is 19.5 Å². The third-order valence-corrected chi connectivity index (χ3v) is 2.48. The van der Waals surface area contributed by atoms with E-state index in [9.17, 15) is 4.79 Å². The quantitative estimate of drug-likeness (QED) is 0.716. The van der Waals surface area contributed by atoms with Crippen molar-refractivity contribution >= 4 is 5.91 Å². The summed E-state index contributed by atoms with van der Waals surface area (Å²) in [5.41, 5.74) is 0. The van der Waals surface area contributed by atoms with Gasteiger partial charge in [0.25, 0.3) is 0 Å². The summed E-state index contributed by atoms with van der Waals surface area (Å²) in [5.74, 6) is 0.209. The minimum Gasteiger partial charge on any atom is -0.393 e. The summed E-state index contributed by atoms with van der Waals surface area (Å²) in [7, 11) is 0. The van der Waals surface area contributed by atoms with Crippen molar-refractivity contribution in [2.75, 3.05) is 13.1 Å². The predicted molar refractivity (Wildman–Crippen MR) is 51.3 cm³/mol. The molecule has 0 spiro atoms. The smallest absolute Gasteiger partial charge is 0.222 e. The van der Waals surface area contributed by atoms with E-state index in [0.717, 1.165) is 25.9 Å². The second-order valence-electron chi connectivity index (χ2n) is 3.83. The van der Waals surface area contributed by atoms with Crippen molar-refractivity contribution in [3.8, 4) is 0 Å². The molecule has 13 heavy (non-hydrogen) atoms. The Bertz CT molecular complexity index is 162. The van der Waals surface area contributed by atoms with Gasteiger partial charge in [-0.3, -0.25) is 4.79 Å². The first-order valence-electron chi connectivity index (χ1n) is 5.16. The Morgan fingerprint density at radius 2 is 2.00 bits per heavy atom. The lowest BCUT2D eigenvalue weighted by Gasteiger charge is -2.26. The minimum absolute atomic E-state index is 0.209. The van der Waals surface area contributed by atoms with Gasteiger partial charge in [0.1, 0.15) is 0 Å². The molecule has 1 unspecified atom stereocenters. The second kappa shape index (κ2) is 5.22. The molecular weight excluding hydrogens is 166 g/mol. The van der Waals surface area contributed by atoms with Gasteiger partial charge in [-0.2, -0.15) is 0 Å². The van der Waals surface area contributed by atoms with Crippen LogP contribution in [0.5, 0.6) is 0 Å². The summed E-state index contributed by atoms with van der Waals surface area (Å²) in [6.45, 7) is 3.56. The highest BCUT2D eigenvalue weighted by Crippen LogP contribution is 2.11. The lowest BCUT2D eigenvalue weighted by molar-refractivity contribution is -0.132. The molecule has 1 N–H and O–H groups in total. The highest BCUT2D eigenvalue weighted by molar-refractivity contribution is 5.76. The Kier molecular flexibility index (Phi) is 4.22. The Morgan fingerprint density at radius 3 is 2.54 bits per heavy atom. The summed E-state index contributed by atoms with van der Waals surface area (Å²) >= 11 is 0. The minimum atomic E-state index is -0.353. The third-order valence-electron chi connectivity index (χ3n) is 2.48. The third kappa shape index (κ3) is 3.77. The molecule has 0 saturated carbocycles. The van der Waals surface area contributed by atoms with Crippen LogP contribution < -0.4 is 0 Å². The van der Waals surface area contributed by atoms with Gasteiger partial charge in [0.05, 0.1) is 6.10 Å². The standard InChI is InChI=1S/C10H19NO2/c1-9(12)5-6-10(13)11-7-3-2-4-8-11/h9,12H,2-8H2,1H3. The van der Waals surface area contributed by atoms with E-state index in [0.29, 0.717) is 12.8 Å². The summed E-state index contributed by atoms with van der Waals surface area (Å²) in [5, 5.41) is 9.03. The zero-order chi connectivity index (χ0) is 9.68. The van der Waals surface area contributed by atoms with Gasteiger partial charge in [0.2, 0.25) is 5.91 Å². The van der Waals surface area contributed by atoms with Gasteiger partial charge >= 0.3 is 0 Å². The van der Waals surface area contributed by atoms with Gasteiger partial charge in [0.15, 0.2) is 0 Å². The maximum atomic E-state index is 11.5. The van der Waals surface area contributed by atoms with E-state index >= 15 is 0 Å². The monoisotopic (exact) mass is 185 g/mol. The van der Waals surface area contributed by atoms with Crippen LogP contribution in [0.4, 0.5) is 0 Å². The van der Waals surface area contributed by atoms with Gasteiger partial charge in [-0.05, 0) is 32.6 Å². The molecule has 1 rings (SSSR count). The summed E-state index contributed by atoms with van der Waals surface area (Å²) in [6, 6.07) is 0. The van der Waals surface area contributed by atoms with Gasteiger partial charge in [-0.15, -0.1) is 0 Å². The van der Waals surface area contributed by atoms with Crippen LogP contribution in [0.25, 0.3) is 0 Å². The molecule has 0 aliphatic carbocycles. The van der Waals surface area contributed by atoms with E-state index in [1.54, 1.807) is 6.92 Å². The Morgan fingerprint density at radius 1 is 1.38 bits per heavy atom. The first-order valence-corrected chi connectivity index (χ1v) is 5.16. The van der Waals surface area contributed by atoms with E-state index in [-0.39, 0.29) is 12.0 Å². The number of hydrogen-bond donors (Lipinski definition) is 1. The van der Waals surface area contributed by atoms with Crippen molar-refractivity contribution in [2.24, 2.45) is 0 Å². The van der Waals surface area contributed by atoms with Gasteiger partial charge < -0.3 is 10.0 Å². The molecule has 1 fully saturated rings. The number of aliphatic hydroxyl groups excluding tert-OH is 1. The first-order chi connectivity index (χ1) is 6.20. The van der Waals surface area contributed by atoms with Crippen molar-refractivity contribution in [1.29, 1.82) is 0 Å². The van der Waals surface area contributed by atoms with Crippen LogP contribution in [0.15, 0.2) is 0 Å². The van der Waals surface area contributed by atoms with Crippen molar-refractivity contribution in [3.63, 3.8) is 0 Å². The second-order valence-corrected chi connectivity index (χ2v) is 3.83. The van der Waals surface area contributed by atoms with Crippen LogP contribution >= 0.6 is 0 Å². The first kappa shape index (κ1) is 10.5. The zero-order valence-electron chi connectivity index (χ0n) is 8.33. The lowest BCUT2D eigenvalue weighted by Crippen LogP contribution is -2.35. The fourth-order valence-corrected chi connectivity index (χ4v) is 1.63. The van der Waals surface area contributed by atoms with Gasteiger partial charge in [-0.25, -0.2) is 0 Å². The molecule has 1 aliphatic heterocycles. The van der Waals surface area contributed by atoms with Crippen LogP contribution in [0.2, 0.25) is 0 Å². The molecule has 3 heteroatoms. The molecule has 1 heterocycles. The van der Waals surface area contributed by atoms with Crippen LogP contribution in [0.3, 0.4) is 0 Å². The fourth-order valence-electron chi connectivity index (χ4n) is 1.63. The van der Waals surface area contributed by atoms with Crippen LogP contribution in [-0.2, 0) is 4.79 Å². The number of amides is 1. The van der Waals surface area contributed by atoms with Crippen molar-refractivity contribution < 1.29 is 9.90 Å². The Balaban J connectivity index is 2.21. The molecule has 3 nitrogen and oxygen atoms in total. The highest BCUT2D eigenvalue weighted by Gasteiger charge is 2.16. The summed E-state index contributed by atoms with van der Waals surface area (Å²) < 4.78 is 0. The SMILES string of the molecule is CC(O)CCC(=O)N1CCCCC1. The predicted octanol–water partition coefficient (Wildman–Crippen LogP) is 1.16. The number of likely N-dealkylation sites (tertiary alicyclic amines) is 1. The zero-order valence-corrected chi connectivity index (χ0v) is 8.33. The normalized spacial score (nSPS) is 20.0. The number of piperidine rings is 1. The molecule has 1 aliphatic rings. The van der Waals surface area contributed by atoms with Crippen LogP contribution in [0, 0.1) is 0 Å². The number of rotatable bonds is 3. The fraction of sp³-hybridized carbons (Fsp3) is 0.900. The molecule has 0 radical (unpaired) electrons. The molecule has 0 bridgehead atoms. The van der Waals surface area contributed by atoms with E-state index in [1.165, 1.54) is 6.42 Å². The molecule has 76 valence electrons. The lowest BCUT2D eigenvalue weighted by atomic mass is 10.1. The summed E-state index contributed by atoms with van der Waals surface area (Å²) in [4.78, 5) is 13.4. The highest BCUT2D eigenvalue weighted by atomic mass is 16.3. The molecular formula is C10H19NO2. The maximum absolute atomic E-state index is 11.5. The Labute approximate surface area is 79.7 Å². The average molecular weight is 185 g/mol. The molecule has 1 amide bonds. The van der Waals surface area contributed by atoms with Crippen LogP contribution in [-0.4, -0.2) is 35.1 Å². The van der Waals surface area contributed by atoms with Crippen molar-refractivity contribution in [1.82, 2.24) is 4.90 Å². The van der Waals surface area contributed by atoms with E-state index in [2.05, 4.69) is 0 Å². The van der Waals surface area contributed by atoms with Crippen LogP contribution in [0.1, 0.15) is 39.0 Å². The molecule has 0 aromatic heterocycles.